The van der Waals surface area contributed by atoms with E-state index in [4.69, 9.17) is 4.52 Å². The summed E-state index contributed by atoms with van der Waals surface area (Å²) >= 11 is 0. The zero-order valence-electron chi connectivity index (χ0n) is 17.5. The maximum atomic E-state index is 13.5. The lowest BCUT2D eigenvalue weighted by molar-refractivity contribution is 0.122. The molecule has 1 aliphatic rings. The minimum absolute atomic E-state index is 0.0385. The molecule has 1 atom stereocenters. The number of hydrogen-bond acceptors (Lipinski definition) is 5. The summed E-state index contributed by atoms with van der Waals surface area (Å²) in [5.41, 5.74) is 3.06. The van der Waals surface area contributed by atoms with Crippen molar-refractivity contribution in [2.75, 3.05) is 13.1 Å². The van der Waals surface area contributed by atoms with Crippen LogP contribution >= 0.6 is 0 Å². The first kappa shape index (κ1) is 19.7. The summed E-state index contributed by atoms with van der Waals surface area (Å²) in [7, 11) is 0. The topological polar surface area (TPSA) is 80.0 Å². The van der Waals surface area contributed by atoms with Gasteiger partial charge in [-0.1, -0.05) is 17.3 Å². The summed E-state index contributed by atoms with van der Waals surface area (Å²) < 4.78 is 21.0. The number of piperidine rings is 1. The number of aromatic amines is 1. The van der Waals surface area contributed by atoms with Gasteiger partial charge < -0.3 is 9.51 Å². The normalized spacial score (nSPS) is 16.7. The van der Waals surface area contributed by atoms with Crippen LogP contribution in [0.25, 0.3) is 22.4 Å². The predicted molar refractivity (Wildman–Crippen MR) is 115 cm³/mol. The van der Waals surface area contributed by atoms with Gasteiger partial charge in [0.05, 0.1) is 17.1 Å². The van der Waals surface area contributed by atoms with Crippen molar-refractivity contribution in [2.24, 2.45) is 0 Å². The Morgan fingerprint density at radius 3 is 2.74 bits per heavy atom. The SMILES string of the molecule is Cc1cc(-c2noc(C(C)N3CCC(n4c(=O)[nH]c5ccccc54)CC3)n2)ccc1F. The molecule has 1 fully saturated rings. The van der Waals surface area contributed by atoms with Gasteiger partial charge in [0.2, 0.25) is 11.7 Å². The number of aromatic nitrogens is 4. The van der Waals surface area contributed by atoms with Crippen LogP contribution in [0.5, 0.6) is 0 Å². The fourth-order valence-corrected chi connectivity index (χ4v) is 4.43. The molecule has 31 heavy (non-hydrogen) atoms. The molecule has 2 aromatic heterocycles. The molecule has 0 amide bonds. The fourth-order valence-electron chi connectivity index (χ4n) is 4.43. The number of fused-ring (bicyclic) bond motifs is 1. The van der Waals surface area contributed by atoms with Gasteiger partial charge >= 0.3 is 5.69 Å². The lowest BCUT2D eigenvalue weighted by Crippen LogP contribution is -2.38. The molecular formula is C23H24FN5O2. The van der Waals surface area contributed by atoms with Crippen molar-refractivity contribution in [1.29, 1.82) is 0 Å². The second-order valence-electron chi connectivity index (χ2n) is 8.18. The van der Waals surface area contributed by atoms with Crippen LogP contribution < -0.4 is 5.69 Å². The van der Waals surface area contributed by atoms with E-state index in [1.807, 2.05) is 35.8 Å². The van der Waals surface area contributed by atoms with Crippen LogP contribution in [0.15, 0.2) is 51.8 Å². The molecule has 0 spiro atoms. The van der Waals surface area contributed by atoms with Crippen LogP contribution in [-0.4, -0.2) is 37.7 Å². The smallest absolute Gasteiger partial charge is 0.326 e. The Labute approximate surface area is 178 Å². The largest absolute Gasteiger partial charge is 0.337 e. The van der Waals surface area contributed by atoms with E-state index in [2.05, 4.69) is 20.0 Å². The minimum atomic E-state index is -0.252. The average Bonchev–Trinajstić information content (AvgIpc) is 3.39. The number of para-hydroxylation sites is 2. The number of nitrogens with zero attached hydrogens (tertiary/aromatic N) is 4. The first-order valence-electron chi connectivity index (χ1n) is 10.5. The van der Waals surface area contributed by atoms with Crippen molar-refractivity contribution >= 4 is 11.0 Å². The monoisotopic (exact) mass is 421 g/mol. The molecular weight excluding hydrogens is 397 g/mol. The Morgan fingerprint density at radius 1 is 1.19 bits per heavy atom. The molecule has 160 valence electrons. The van der Waals surface area contributed by atoms with E-state index in [-0.39, 0.29) is 23.6 Å². The second kappa shape index (κ2) is 7.77. The number of nitrogens with one attached hydrogen (secondary N) is 1. The molecule has 1 saturated heterocycles. The number of imidazole rings is 1. The summed E-state index contributed by atoms with van der Waals surface area (Å²) in [6.07, 6.45) is 1.73. The molecule has 3 heterocycles. The summed E-state index contributed by atoms with van der Waals surface area (Å²) in [6.45, 7) is 5.41. The van der Waals surface area contributed by atoms with E-state index >= 15 is 0 Å². The van der Waals surface area contributed by atoms with Crippen molar-refractivity contribution in [3.05, 3.63) is 70.2 Å². The maximum absolute atomic E-state index is 13.5. The molecule has 0 radical (unpaired) electrons. The first-order chi connectivity index (χ1) is 15.0. The Bertz CT molecular complexity index is 1280. The Hall–Kier alpha value is -3.26. The van der Waals surface area contributed by atoms with Gasteiger partial charge in [0.25, 0.3) is 0 Å². The lowest BCUT2D eigenvalue weighted by Gasteiger charge is -2.34. The molecule has 0 aliphatic carbocycles. The quantitative estimate of drug-likeness (QED) is 0.534. The standard InChI is InChI=1S/C23H24FN5O2/c1-14-13-16(7-8-18(14)24)21-26-22(31-27-21)15(2)28-11-9-17(10-12-28)29-20-6-4-3-5-19(20)25-23(29)30/h3-8,13,15,17H,9-12H2,1-2H3,(H,25,30). The Morgan fingerprint density at radius 2 is 1.97 bits per heavy atom. The number of rotatable bonds is 4. The summed E-state index contributed by atoms with van der Waals surface area (Å²) in [4.78, 5) is 22.3. The molecule has 1 aliphatic heterocycles. The number of hydrogen-bond donors (Lipinski definition) is 1. The highest BCUT2D eigenvalue weighted by Gasteiger charge is 2.29. The van der Waals surface area contributed by atoms with Crippen LogP contribution in [0.1, 0.15) is 43.3 Å². The summed E-state index contributed by atoms with van der Waals surface area (Å²) in [5.74, 6) is 0.753. The molecule has 0 bridgehead atoms. The summed E-state index contributed by atoms with van der Waals surface area (Å²) in [5, 5.41) is 4.09. The number of likely N-dealkylation sites (tertiary alicyclic amines) is 1. The van der Waals surface area contributed by atoms with Crippen molar-refractivity contribution in [1.82, 2.24) is 24.6 Å². The lowest BCUT2D eigenvalue weighted by atomic mass is 10.0. The molecule has 2 aromatic carbocycles. The molecule has 1 N–H and O–H groups in total. The highest BCUT2D eigenvalue weighted by molar-refractivity contribution is 5.75. The van der Waals surface area contributed by atoms with E-state index < -0.39 is 0 Å². The average molecular weight is 421 g/mol. The van der Waals surface area contributed by atoms with Crippen LogP contribution in [0.2, 0.25) is 0 Å². The Balaban J connectivity index is 1.30. The third-order valence-electron chi connectivity index (χ3n) is 6.25. The van der Waals surface area contributed by atoms with Gasteiger partial charge in [-0.3, -0.25) is 9.47 Å². The highest BCUT2D eigenvalue weighted by atomic mass is 19.1. The molecule has 1 unspecified atom stereocenters. The maximum Gasteiger partial charge on any atom is 0.326 e. The second-order valence-corrected chi connectivity index (χ2v) is 8.18. The number of aryl methyl sites for hydroxylation is 1. The number of benzene rings is 2. The molecule has 4 aromatic rings. The molecule has 8 heteroatoms. The highest BCUT2D eigenvalue weighted by Crippen LogP contribution is 2.30. The summed E-state index contributed by atoms with van der Waals surface area (Å²) in [6, 6.07) is 12.7. The predicted octanol–water partition coefficient (Wildman–Crippen LogP) is 4.23. The van der Waals surface area contributed by atoms with Gasteiger partial charge in [-0.05, 0) is 62.6 Å². The Kier molecular flexibility index (Phi) is 4.94. The van der Waals surface area contributed by atoms with Gasteiger partial charge in [-0.2, -0.15) is 4.98 Å². The number of H-pyrrole nitrogens is 1. The van der Waals surface area contributed by atoms with Crippen molar-refractivity contribution in [2.45, 2.75) is 38.8 Å². The van der Waals surface area contributed by atoms with E-state index in [9.17, 15) is 9.18 Å². The molecule has 0 saturated carbocycles. The zero-order chi connectivity index (χ0) is 21.5. The van der Waals surface area contributed by atoms with E-state index in [0.717, 1.165) is 42.5 Å². The van der Waals surface area contributed by atoms with Crippen LogP contribution in [-0.2, 0) is 0 Å². The van der Waals surface area contributed by atoms with Crippen molar-refractivity contribution < 1.29 is 8.91 Å². The first-order valence-corrected chi connectivity index (χ1v) is 10.5. The third kappa shape index (κ3) is 3.57. The minimum Gasteiger partial charge on any atom is -0.337 e. The van der Waals surface area contributed by atoms with Gasteiger partial charge in [0.15, 0.2) is 0 Å². The van der Waals surface area contributed by atoms with E-state index in [1.165, 1.54) is 6.07 Å². The van der Waals surface area contributed by atoms with Gasteiger partial charge in [-0.25, -0.2) is 9.18 Å². The molecule has 7 nitrogen and oxygen atoms in total. The van der Waals surface area contributed by atoms with Crippen molar-refractivity contribution in [3.63, 3.8) is 0 Å². The van der Waals surface area contributed by atoms with E-state index in [1.54, 1.807) is 19.1 Å². The van der Waals surface area contributed by atoms with E-state index in [0.29, 0.717) is 17.3 Å². The number of halogens is 1. The van der Waals surface area contributed by atoms with Gasteiger partial charge in [-0.15, -0.1) is 0 Å². The van der Waals surface area contributed by atoms with Crippen molar-refractivity contribution in [3.8, 4) is 11.4 Å². The molecule has 5 rings (SSSR count). The zero-order valence-corrected chi connectivity index (χ0v) is 17.5. The third-order valence-corrected chi connectivity index (χ3v) is 6.25. The van der Waals surface area contributed by atoms with Gasteiger partial charge in [0.1, 0.15) is 5.82 Å². The van der Waals surface area contributed by atoms with Crippen LogP contribution in [0.4, 0.5) is 4.39 Å². The van der Waals surface area contributed by atoms with Crippen LogP contribution in [0.3, 0.4) is 0 Å². The van der Waals surface area contributed by atoms with Gasteiger partial charge in [0, 0.05) is 24.7 Å². The van der Waals surface area contributed by atoms with Crippen LogP contribution in [0, 0.1) is 12.7 Å². The fraction of sp³-hybridized carbons (Fsp3) is 0.348.